The van der Waals surface area contributed by atoms with E-state index in [9.17, 15) is 27.6 Å². The van der Waals surface area contributed by atoms with Gasteiger partial charge in [-0.15, -0.1) is 0 Å². The molecule has 1 heterocycles. The van der Waals surface area contributed by atoms with Gasteiger partial charge in [0, 0.05) is 34.6 Å². The Balaban J connectivity index is 0.000000676. The molecule has 0 radical (unpaired) electrons. The van der Waals surface area contributed by atoms with E-state index >= 15 is 0 Å². The van der Waals surface area contributed by atoms with Crippen molar-refractivity contribution in [2.24, 2.45) is 17.6 Å². The van der Waals surface area contributed by atoms with E-state index < -0.39 is 18.2 Å². The van der Waals surface area contributed by atoms with Gasteiger partial charge in [-0.25, -0.2) is 9.59 Å². The summed E-state index contributed by atoms with van der Waals surface area (Å²) in [5, 5.41) is 13.8. The first-order valence-electron chi connectivity index (χ1n) is 14.3. The Hall–Kier alpha value is -4.39. The molecule has 0 bridgehead atoms. The van der Waals surface area contributed by atoms with Crippen molar-refractivity contribution in [3.05, 3.63) is 65.4 Å². The van der Waals surface area contributed by atoms with Crippen LogP contribution in [0.15, 0.2) is 48.5 Å². The average Bonchev–Trinajstić information content (AvgIpc) is 3.32. The van der Waals surface area contributed by atoms with Gasteiger partial charge in [-0.2, -0.15) is 13.2 Å². The molecular weight excluding hydrogens is 581 g/mol. The maximum atomic E-state index is 13.4. The van der Waals surface area contributed by atoms with Crippen LogP contribution in [0.1, 0.15) is 54.2 Å². The fourth-order valence-electron chi connectivity index (χ4n) is 5.11. The predicted molar refractivity (Wildman–Crippen MR) is 158 cm³/mol. The van der Waals surface area contributed by atoms with Crippen molar-refractivity contribution in [2.45, 2.75) is 58.2 Å². The van der Waals surface area contributed by atoms with E-state index in [4.69, 9.17) is 20.4 Å². The number of anilines is 1. The number of fused-ring (bicyclic) bond motifs is 1. The zero-order chi connectivity index (χ0) is 32.4. The molecule has 2 amide bonds. The number of esters is 1. The maximum Gasteiger partial charge on any atom is 0.490 e. The summed E-state index contributed by atoms with van der Waals surface area (Å²) in [7, 11) is 0. The number of aliphatic carboxylic acids is 1. The normalized spacial score (nSPS) is 17.1. The van der Waals surface area contributed by atoms with Crippen LogP contribution in [-0.4, -0.2) is 59.2 Å². The second-order valence-electron chi connectivity index (χ2n) is 10.6. The summed E-state index contributed by atoms with van der Waals surface area (Å²) in [6, 6.07) is 14.3. The zero-order valence-corrected chi connectivity index (χ0v) is 24.5. The van der Waals surface area contributed by atoms with Gasteiger partial charge in [-0.05, 0) is 75.8 Å². The van der Waals surface area contributed by atoms with Crippen molar-refractivity contribution in [3.63, 3.8) is 0 Å². The molecule has 0 aliphatic heterocycles. The van der Waals surface area contributed by atoms with E-state index in [-0.39, 0.29) is 23.7 Å². The number of ether oxygens (including phenoxy) is 1. The highest BCUT2D eigenvalue weighted by atomic mass is 19.4. The minimum atomic E-state index is -5.08. The number of nitrogens with two attached hydrogens (primary N) is 1. The summed E-state index contributed by atoms with van der Waals surface area (Å²) in [4.78, 5) is 51.0. The molecule has 0 unspecified atom stereocenters. The lowest BCUT2D eigenvalue weighted by Crippen LogP contribution is -2.48. The predicted octanol–water partition coefficient (Wildman–Crippen LogP) is 4.72. The molecule has 1 aliphatic rings. The number of aryl methyl sites for hydroxylation is 1. The van der Waals surface area contributed by atoms with Crippen molar-refractivity contribution in [2.75, 3.05) is 18.5 Å². The van der Waals surface area contributed by atoms with Crippen LogP contribution in [0.2, 0.25) is 0 Å². The van der Waals surface area contributed by atoms with Gasteiger partial charge >= 0.3 is 18.1 Å². The Kier molecular flexibility index (Phi) is 11.9. The highest BCUT2D eigenvalue weighted by Crippen LogP contribution is 2.29. The topological polar surface area (TPSA) is 164 Å². The third kappa shape index (κ3) is 9.30. The van der Waals surface area contributed by atoms with Crippen LogP contribution < -0.4 is 16.4 Å². The lowest BCUT2D eigenvalue weighted by Gasteiger charge is -2.28. The minimum Gasteiger partial charge on any atom is -0.475 e. The molecule has 2 aromatic carbocycles. The van der Waals surface area contributed by atoms with E-state index in [1.807, 2.05) is 37.3 Å². The summed E-state index contributed by atoms with van der Waals surface area (Å²) in [6.07, 6.45) is -1.24. The number of halogens is 3. The number of rotatable bonds is 9. The molecule has 238 valence electrons. The fraction of sp³-hybridized carbons (Fsp3) is 0.419. The largest absolute Gasteiger partial charge is 0.490 e. The van der Waals surface area contributed by atoms with Crippen molar-refractivity contribution >= 4 is 40.3 Å². The molecule has 10 nitrogen and oxygen atoms in total. The number of aromatic amines is 1. The third-order valence-electron chi connectivity index (χ3n) is 7.44. The molecule has 1 saturated carbocycles. The van der Waals surface area contributed by atoms with Gasteiger partial charge in [0.2, 0.25) is 11.8 Å². The van der Waals surface area contributed by atoms with Crippen LogP contribution in [-0.2, 0) is 25.5 Å². The summed E-state index contributed by atoms with van der Waals surface area (Å²) in [5.41, 5.74) is 9.25. The number of carbonyl (C=O) groups excluding carboxylic acids is 3. The van der Waals surface area contributed by atoms with Crippen LogP contribution in [0.25, 0.3) is 10.9 Å². The SMILES string of the molecule is CCOC(=O)c1c(C)[nH]c2cc(NC(=O)[C@@H](Cc3ccccc3)NC(=O)C3CCC(CN)CC3)ccc12.O=C(O)C(F)(F)F. The Morgan fingerprint density at radius 2 is 1.70 bits per heavy atom. The number of nitrogens with one attached hydrogen (secondary N) is 3. The molecule has 1 fully saturated rings. The van der Waals surface area contributed by atoms with Crippen LogP contribution >= 0.6 is 0 Å². The van der Waals surface area contributed by atoms with Gasteiger partial charge in [0.25, 0.3) is 0 Å². The van der Waals surface area contributed by atoms with Crippen LogP contribution in [0.5, 0.6) is 0 Å². The first-order chi connectivity index (χ1) is 20.8. The number of benzene rings is 2. The van der Waals surface area contributed by atoms with E-state index in [0.717, 1.165) is 42.1 Å². The van der Waals surface area contributed by atoms with Crippen molar-refractivity contribution in [1.29, 1.82) is 0 Å². The molecule has 44 heavy (non-hydrogen) atoms. The van der Waals surface area contributed by atoms with Gasteiger partial charge in [-0.3, -0.25) is 9.59 Å². The standard InChI is InChI=1S/C29H36N4O4.C2HF3O2/c1-3-37-29(36)26-18(2)31-24-16-22(13-14-23(24)26)32-28(35)25(15-19-7-5-4-6-8-19)33-27(34)21-11-9-20(17-30)10-12-21;3-2(4,5)1(6)7/h4-8,13-14,16,20-21,25,31H,3,9-12,15,17,30H2,1-2H3,(H,32,35)(H,33,34);(H,6,7)/t20?,21?,25-;/m1./s1. The summed E-state index contributed by atoms with van der Waals surface area (Å²) < 4.78 is 36.9. The fourth-order valence-corrected chi connectivity index (χ4v) is 5.11. The highest BCUT2D eigenvalue weighted by Gasteiger charge is 2.38. The maximum absolute atomic E-state index is 13.4. The number of hydrogen-bond acceptors (Lipinski definition) is 6. The molecule has 0 saturated heterocycles. The smallest absolute Gasteiger partial charge is 0.475 e. The quantitative estimate of drug-likeness (QED) is 0.217. The number of carboxylic acids is 1. The number of carbonyl (C=O) groups is 4. The Bertz CT molecular complexity index is 1450. The van der Waals surface area contributed by atoms with Crippen molar-refractivity contribution < 1.29 is 42.2 Å². The van der Waals surface area contributed by atoms with Crippen LogP contribution in [0.4, 0.5) is 18.9 Å². The molecule has 1 aromatic heterocycles. The number of amides is 2. The molecule has 1 atom stereocenters. The summed E-state index contributed by atoms with van der Waals surface area (Å²) >= 11 is 0. The van der Waals surface area contributed by atoms with Crippen LogP contribution in [0, 0.1) is 18.8 Å². The Morgan fingerprint density at radius 1 is 1.07 bits per heavy atom. The van der Waals surface area contributed by atoms with Gasteiger partial charge in [0.15, 0.2) is 0 Å². The second-order valence-corrected chi connectivity index (χ2v) is 10.6. The summed E-state index contributed by atoms with van der Waals surface area (Å²) in [6.45, 7) is 4.53. The minimum absolute atomic E-state index is 0.0823. The third-order valence-corrected chi connectivity index (χ3v) is 7.44. The molecule has 3 aromatic rings. The van der Waals surface area contributed by atoms with Gasteiger partial charge in [0.1, 0.15) is 6.04 Å². The van der Waals surface area contributed by atoms with E-state index in [1.54, 1.807) is 25.1 Å². The zero-order valence-electron chi connectivity index (χ0n) is 24.5. The average molecular weight is 619 g/mol. The number of hydrogen-bond donors (Lipinski definition) is 5. The first-order valence-corrected chi connectivity index (χ1v) is 14.3. The molecule has 6 N–H and O–H groups in total. The number of aromatic nitrogens is 1. The molecule has 13 heteroatoms. The van der Waals surface area contributed by atoms with Crippen molar-refractivity contribution in [3.8, 4) is 0 Å². The van der Waals surface area contributed by atoms with Crippen molar-refractivity contribution in [1.82, 2.24) is 10.3 Å². The number of H-pyrrole nitrogens is 1. The molecule has 4 rings (SSSR count). The van der Waals surface area contributed by atoms with Gasteiger partial charge in [0.05, 0.1) is 12.2 Å². The highest BCUT2D eigenvalue weighted by molar-refractivity contribution is 6.07. The second kappa shape index (κ2) is 15.4. The lowest BCUT2D eigenvalue weighted by molar-refractivity contribution is -0.192. The number of carboxylic acid groups (broad SMARTS) is 1. The summed E-state index contributed by atoms with van der Waals surface area (Å²) in [5.74, 6) is -3.14. The Labute approximate surface area is 252 Å². The first kappa shape index (κ1) is 34.1. The lowest BCUT2D eigenvalue weighted by atomic mass is 9.81. The van der Waals surface area contributed by atoms with E-state index in [2.05, 4.69) is 15.6 Å². The van der Waals surface area contributed by atoms with E-state index in [1.165, 1.54) is 0 Å². The van der Waals surface area contributed by atoms with Crippen LogP contribution in [0.3, 0.4) is 0 Å². The molecule has 1 aliphatic carbocycles. The van der Waals surface area contributed by atoms with Gasteiger partial charge < -0.3 is 31.2 Å². The molecular formula is C31H37F3N4O6. The van der Waals surface area contributed by atoms with E-state index in [0.29, 0.717) is 42.4 Å². The monoisotopic (exact) mass is 618 g/mol. The number of alkyl halides is 3. The van der Waals surface area contributed by atoms with Gasteiger partial charge in [-0.1, -0.05) is 30.3 Å². The molecule has 0 spiro atoms. The Morgan fingerprint density at radius 3 is 2.27 bits per heavy atom.